The number of hydrogen-bond acceptors (Lipinski definition) is 5. The van der Waals surface area contributed by atoms with Crippen LogP contribution in [0.3, 0.4) is 0 Å². The summed E-state index contributed by atoms with van der Waals surface area (Å²) < 4.78 is 26.3. The van der Waals surface area contributed by atoms with Crippen LogP contribution in [0, 0.1) is 13.8 Å². The lowest BCUT2D eigenvalue weighted by molar-refractivity contribution is 0.192. The Kier molecular flexibility index (Phi) is 3.21. The lowest BCUT2D eigenvalue weighted by Crippen LogP contribution is -2.51. The summed E-state index contributed by atoms with van der Waals surface area (Å²) in [7, 11) is -3.45. The fraction of sp³-hybridized carbons (Fsp3) is 0.667. The molecule has 2 rings (SSSR count). The van der Waals surface area contributed by atoms with Gasteiger partial charge in [-0.3, -0.25) is 10.9 Å². The number of nitrogens with two attached hydrogens (primary N) is 1. The second kappa shape index (κ2) is 4.37. The first-order valence-corrected chi connectivity index (χ1v) is 6.88. The van der Waals surface area contributed by atoms with Gasteiger partial charge in [-0.1, -0.05) is 0 Å². The standard InChI is InChI=1S/C9H17N5O2S/c1-7-9(8(2)12-11-7)17(15,16)14-5-3-13(10)4-6-14/h3-6,10H2,1-2H3,(H,11,12). The Morgan fingerprint density at radius 1 is 1.24 bits per heavy atom. The van der Waals surface area contributed by atoms with Crippen molar-refractivity contribution in [3.05, 3.63) is 11.4 Å². The molecule has 0 spiro atoms. The van der Waals surface area contributed by atoms with E-state index in [1.54, 1.807) is 18.9 Å². The van der Waals surface area contributed by atoms with Gasteiger partial charge in [0.1, 0.15) is 4.90 Å². The number of rotatable bonds is 2. The summed E-state index contributed by atoms with van der Waals surface area (Å²) in [6.07, 6.45) is 0. The third-order valence-electron chi connectivity index (χ3n) is 2.93. The number of hydrogen-bond donors (Lipinski definition) is 2. The van der Waals surface area contributed by atoms with Crippen molar-refractivity contribution in [2.24, 2.45) is 5.84 Å². The van der Waals surface area contributed by atoms with Crippen molar-refractivity contribution in [1.82, 2.24) is 19.5 Å². The van der Waals surface area contributed by atoms with Crippen molar-refractivity contribution < 1.29 is 8.42 Å². The lowest BCUT2D eigenvalue weighted by atomic mass is 10.4. The highest BCUT2D eigenvalue weighted by atomic mass is 32.2. The van der Waals surface area contributed by atoms with Gasteiger partial charge in [-0.25, -0.2) is 13.4 Å². The molecule has 1 aromatic rings. The average Bonchev–Trinajstić information content (AvgIpc) is 2.59. The topological polar surface area (TPSA) is 95.3 Å². The van der Waals surface area contributed by atoms with Gasteiger partial charge >= 0.3 is 0 Å². The molecule has 7 nitrogen and oxygen atoms in total. The monoisotopic (exact) mass is 259 g/mol. The fourth-order valence-electron chi connectivity index (χ4n) is 1.99. The zero-order valence-electron chi connectivity index (χ0n) is 9.97. The molecule has 0 aliphatic carbocycles. The van der Waals surface area contributed by atoms with Crippen LogP contribution in [0.15, 0.2) is 4.90 Å². The number of aromatic nitrogens is 2. The van der Waals surface area contributed by atoms with Gasteiger partial charge in [0.15, 0.2) is 0 Å². The molecule has 1 aliphatic heterocycles. The number of H-pyrrole nitrogens is 1. The molecule has 0 unspecified atom stereocenters. The van der Waals surface area contributed by atoms with Crippen LogP contribution in [0.5, 0.6) is 0 Å². The second-order valence-corrected chi connectivity index (χ2v) is 6.08. The molecular weight excluding hydrogens is 242 g/mol. The Bertz CT molecular complexity index is 482. The van der Waals surface area contributed by atoms with Gasteiger partial charge in [-0.2, -0.15) is 9.40 Å². The summed E-state index contributed by atoms with van der Waals surface area (Å²) in [5.41, 5.74) is 1.09. The Hall–Kier alpha value is -0.960. The molecule has 1 fully saturated rings. The maximum atomic E-state index is 12.4. The molecule has 0 radical (unpaired) electrons. The SMILES string of the molecule is Cc1n[nH]c(C)c1S(=O)(=O)N1CCN(N)CC1. The van der Waals surface area contributed by atoms with Crippen molar-refractivity contribution in [3.63, 3.8) is 0 Å². The largest absolute Gasteiger partial charge is 0.281 e. The normalized spacial score (nSPS) is 19.7. The number of sulfonamides is 1. The summed E-state index contributed by atoms with van der Waals surface area (Å²) in [6.45, 7) is 5.35. The third kappa shape index (κ3) is 2.21. The first kappa shape index (κ1) is 12.5. The molecule has 8 heteroatoms. The first-order chi connectivity index (χ1) is 7.93. The molecule has 17 heavy (non-hydrogen) atoms. The van der Waals surface area contributed by atoms with Gasteiger partial charge in [0.25, 0.3) is 0 Å². The van der Waals surface area contributed by atoms with E-state index in [0.717, 1.165) is 0 Å². The van der Waals surface area contributed by atoms with E-state index >= 15 is 0 Å². The summed E-state index contributed by atoms with van der Waals surface area (Å²) in [6, 6.07) is 0. The average molecular weight is 259 g/mol. The van der Waals surface area contributed by atoms with Crippen LogP contribution in [0.1, 0.15) is 11.4 Å². The Balaban J connectivity index is 2.31. The molecule has 0 bridgehead atoms. The molecule has 3 N–H and O–H groups in total. The molecule has 1 aliphatic rings. The van der Waals surface area contributed by atoms with Crippen LogP contribution in [0.25, 0.3) is 0 Å². The van der Waals surface area contributed by atoms with Gasteiger partial charge in [-0.15, -0.1) is 0 Å². The van der Waals surface area contributed by atoms with E-state index in [1.807, 2.05) is 0 Å². The maximum absolute atomic E-state index is 12.4. The number of piperazine rings is 1. The van der Waals surface area contributed by atoms with Gasteiger partial charge in [0, 0.05) is 26.2 Å². The van der Waals surface area contributed by atoms with Crippen molar-refractivity contribution in [2.75, 3.05) is 26.2 Å². The summed E-state index contributed by atoms with van der Waals surface area (Å²) in [5.74, 6) is 5.61. The van der Waals surface area contributed by atoms with Crippen molar-refractivity contribution >= 4 is 10.0 Å². The Morgan fingerprint density at radius 2 is 1.82 bits per heavy atom. The number of hydrazine groups is 1. The highest BCUT2D eigenvalue weighted by molar-refractivity contribution is 7.89. The Labute approximate surface area is 101 Å². The quantitative estimate of drug-likeness (QED) is 0.678. The molecule has 0 amide bonds. The molecule has 0 saturated carbocycles. The second-order valence-electron chi connectivity index (χ2n) is 4.20. The van der Waals surface area contributed by atoms with Crippen LogP contribution in [0.4, 0.5) is 0 Å². The first-order valence-electron chi connectivity index (χ1n) is 5.44. The lowest BCUT2D eigenvalue weighted by Gasteiger charge is -2.31. The van der Waals surface area contributed by atoms with Crippen LogP contribution in [-0.2, 0) is 10.0 Å². The van der Waals surface area contributed by atoms with Gasteiger partial charge in [-0.05, 0) is 13.8 Å². The Morgan fingerprint density at radius 3 is 2.29 bits per heavy atom. The van der Waals surface area contributed by atoms with Gasteiger partial charge < -0.3 is 0 Å². The van der Waals surface area contributed by atoms with Crippen LogP contribution < -0.4 is 5.84 Å². The number of nitrogens with one attached hydrogen (secondary N) is 1. The number of aryl methyl sites for hydroxylation is 2. The predicted octanol–water partition coefficient (Wildman–Crippen LogP) is -0.793. The van der Waals surface area contributed by atoms with E-state index in [2.05, 4.69) is 10.2 Å². The smallest absolute Gasteiger partial charge is 0.246 e. The number of aromatic amines is 1. The highest BCUT2D eigenvalue weighted by Gasteiger charge is 2.31. The van der Waals surface area contributed by atoms with E-state index in [4.69, 9.17) is 5.84 Å². The molecule has 0 atom stereocenters. The molecule has 0 aromatic carbocycles. The predicted molar refractivity (Wildman–Crippen MR) is 62.6 cm³/mol. The molecular formula is C9H17N5O2S. The van der Waals surface area contributed by atoms with Crippen molar-refractivity contribution in [3.8, 4) is 0 Å². The zero-order chi connectivity index (χ0) is 12.6. The van der Waals surface area contributed by atoms with Crippen molar-refractivity contribution in [2.45, 2.75) is 18.7 Å². The summed E-state index contributed by atoms with van der Waals surface area (Å²) in [5, 5.41) is 8.25. The third-order valence-corrected chi connectivity index (χ3v) is 5.09. The highest BCUT2D eigenvalue weighted by Crippen LogP contribution is 2.22. The molecule has 1 aromatic heterocycles. The van der Waals surface area contributed by atoms with Crippen LogP contribution >= 0.6 is 0 Å². The minimum absolute atomic E-state index is 0.294. The zero-order valence-corrected chi connectivity index (χ0v) is 10.8. The van der Waals surface area contributed by atoms with E-state index < -0.39 is 10.0 Å². The minimum Gasteiger partial charge on any atom is -0.281 e. The van der Waals surface area contributed by atoms with Gasteiger partial charge in [0.05, 0.1) is 11.4 Å². The molecule has 96 valence electrons. The van der Waals surface area contributed by atoms with E-state index in [-0.39, 0.29) is 0 Å². The van der Waals surface area contributed by atoms with Crippen LogP contribution in [0.2, 0.25) is 0 Å². The van der Waals surface area contributed by atoms with Gasteiger partial charge in [0.2, 0.25) is 10.0 Å². The van der Waals surface area contributed by atoms with Crippen molar-refractivity contribution in [1.29, 1.82) is 0 Å². The van der Waals surface area contributed by atoms with E-state index in [0.29, 0.717) is 42.5 Å². The summed E-state index contributed by atoms with van der Waals surface area (Å²) >= 11 is 0. The van der Waals surface area contributed by atoms with E-state index in [1.165, 1.54) is 4.31 Å². The number of nitrogens with zero attached hydrogens (tertiary/aromatic N) is 3. The van der Waals surface area contributed by atoms with Crippen LogP contribution in [-0.4, -0.2) is 54.1 Å². The van der Waals surface area contributed by atoms with E-state index in [9.17, 15) is 8.42 Å². The minimum atomic E-state index is -3.45. The summed E-state index contributed by atoms with van der Waals surface area (Å²) in [4.78, 5) is 0.294. The molecule has 2 heterocycles. The molecule has 1 saturated heterocycles. The maximum Gasteiger partial charge on any atom is 0.246 e. The fourth-order valence-corrected chi connectivity index (χ4v) is 3.75.